The van der Waals surface area contributed by atoms with E-state index < -0.39 is 5.97 Å². The number of hydrogen-bond acceptors (Lipinski definition) is 5. The number of carbonyl (C=O) groups excluding carboxylic acids is 2. The van der Waals surface area contributed by atoms with Gasteiger partial charge in [-0.3, -0.25) is 9.89 Å². The van der Waals surface area contributed by atoms with E-state index in [4.69, 9.17) is 0 Å². The van der Waals surface area contributed by atoms with Crippen LogP contribution in [0, 0.1) is 13.8 Å². The summed E-state index contributed by atoms with van der Waals surface area (Å²) >= 11 is 0. The Balaban J connectivity index is 2.12. The summed E-state index contributed by atoms with van der Waals surface area (Å²) in [4.78, 5) is 23.8. The van der Waals surface area contributed by atoms with Gasteiger partial charge in [-0.1, -0.05) is 13.0 Å². The van der Waals surface area contributed by atoms with E-state index in [-0.39, 0.29) is 35.2 Å². The van der Waals surface area contributed by atoms with Crippen molar-refractivity contribution in [3.8, 4) is 5.75 Å². The van der Waals surface area contributed by atoms with Crippen LogP contribution in [0.15, 0.2) is 18.2 Å². The molecule has 0 radical (unpaired) electrons. The number of nitrogens with zero attached hydrogens (tertiary/aromatic N) is 1. The van der Waals surface area contributed by atoms with Crippen molar-refractivity contribution in [1.29, 1.82) is 0 Å². The van der Waals surface area contributed by atoms with Crippen molar-refractivity contribution in [2.24, 2.45) is 0 Å². The first-order valence-electron chi connectivity index (χ1n) is 7.56. The highest BCUT2D eigenvalue weighted by atomic mass is 16.5. The Morgan fingerprint density at radius 3 is 2.67 bits per heavy atom. The minimum Gasteiger partial charge on any atom is -0.505 e. The summed E-state index contributed by atoms with van der Waals surface area (Å²) in [5, 5.41) is 19.8. The van der Waals surface area contributed by atoms with Gasteiger partial charge in [0.25, 0.3) is 0 Å². The number of phenolic OH excluding ortho intramolecular Hbond substituents is 1. The molecule has 3 N–H and O–H groups in total. The van der Waals surface area contributed by atoms with Crippen molar-refractivity contribution < 1.29 is 19.4 Å². The SMILES string of the molecule is COC(=O)c1cccc(NC(=O)CC(C)c2c(C)n[nH]c2C)c1O. The number of anilines is 1. The zero-order valence-corrected chi connectivity index (χ0v) is 14.1. The van der Waals surface area contributed by atoms with Crippen LogP contribution in [-0.4, -0.2) is 34.3 Å². The Morgan fingerprint density at radius 1 is 1.38 bits per heavy atom. The fourth-order valence-electron chi connectivity index (χ4n) is 2.79. The van der Waals surface area contributed by atoms with E-state index in [0.29, 0.717) is 0 Å². The Kier molecular flexibility index (Phi) is 5.23. The quantitative estimate of drug-likeness (QED) is 0.577. The molecular formula is C17H21N3O4. The molecule has 0 saturated heterocycles. The smallest absolute Gasteiger partial charge is 0.341 e. The molecule has 0 aliphatic heterocycles. The maximum absolute atomic E-state index is 12.3. The molecule has 128 valence electrons. The third kappa shape index (κ3) is 3.56. The predicted octanol–water partition coefficient (Wildman–Crippen LogP) is 2.65. The van der Waals surface area contributed by atoms with E-state index in [1.807, 2.05) is 20.8 Å². The van der Waals surface area contributed by atoms with Crippen LogP contribution in [0.3, 0.4) is 0 Å². The van der Waals surface area contributed by atoms with Crippen LogP contribution >= 0.6 is 0 Å². The number of aryl methyl sites for hydroxylation is 2. The number of nitrogens with one attached hydrogen (secondary N) is 2. The minimum absolute atomic E-state index is 0.00451. The summed E-state index contributed by atoms with van der Waals surface area (Å²) in [5.74, 6) is -1.27. The van der Waals surface area contributed by atoms with Crippen LogP contribution in [0.25, 0.3) is 0 Å². The summed E-state index contributed by atoms with van der Waals surface area (Å²) in [7, 11) is 1.23. The lowest BCUT2D eigenvalue weighted by Crippen LogP contribution is -2.15. The molecule has 2 aromatic rings. The number of carbonyl (C=O) groups is 2. The molecule has 24 heavy (non-hydrogen) atoms. The molecule has 0 spiro atoms. The average Bonchev–Trinajstić information content (AvgIpc) is 2.87. The van der Waals surface area contributed by atoms with E-state index in [9.17, 15) is 14.7 Å². The van der Waals surface area contributed by atoms with Gasteiger partial charge in [0.15, 0.2) is 5.75 Å². The summed E-state index contributed by atoms with van der Waals surface area (Å²) in [5.41, 5.74) is 2.99. The van der Waals surface area contributed by atoms with Crippen LogP contribution in [0.4, 0.5) is 5.69 Å². The Labute approximate surface area is 140 Å². The molecule has 1 heterocycles. The topological polar surface area (TPSA) is 104 Å². The zero-order valence-electron chi connectivity index (χ0n) is 14.1. The molecule has 0 aliphatic carbocycles. The van der Waals surface area contributed by atoms with Gasteiger partial charge in [-0.15, -0.1) is 0 Å². The number of aromatic hydroxyl groups is 1. The molecule has 1 unspecified atom stereocenters. The van der Waals surface area contributed by atoms with E-state index in [2.05, 4.69) is 20.3 Å². The van der Waals surface area contributed by atoms with Crippen molar-refractivity contribution in [1.82, 2.24) is 10.2 Å². The molecule has 0 aliphatic rings. The molecule has 0 saturated carbocycles. The van der Waals surface area contributed by atoms with Crippen molar-refractivity contribution >= 4 is 17.6 Å². The number of hydrogen-bond donors (Lipinski definition) is 3. The van der Waals surface area contributed by atoms with Crippen LogP contribution < -0.4 is 5.32 Å². The van der Waals surface area contributed by atoms with Gasteiger partial charge >= 0.3 is 5.97 Å². The van der Waals surface area contributed by atoms with Crippen LogP contribution in [0.2, 0.25) is 0 Å². The number of aromatic nitrogens is 2. The first-order valence-corrected chi connectivity index (χ1v) is 7.56. The molecule has 1 atom stereocenters. The number of ether oxygens (including phenoxy) is 1. The monoisotopic (exact) mass is 331 g/mol. The van der Waals surface area contributed by atoms with Crippen molar-refractivity contribution in [2.45, 2.75) is 33.1 Å². The second-order valence-electron chi connectivity index (χ2n) is 5.69. The van der Waals surface area contributed by atoms with Gasteiger partial charge < -0.3 is 15.2 Å². The van der Waals surface area contributed by atoms with E-state index in [1.165, 1.54) is 19.2 Å². The van der Waals surface area contributed by atoms with E-state index in [1.54, 1.807) is 6.07 Å². The number of benzene rings is 1. The molecule has 2 rings (SSSR count). The molecule has 1 aromatic heterocycles. The Hall–Kier alpha value is -2.83. The van der Waals surface area contributed by atoms with Gasteiger partial charge in [0.2, 0.25) is 5.91 Å². The number of rotatable bonds is 5. The molecule has 7 heteroatoms. The number of phenols is 1. The summed E-state index contributed by atoms with van der Waals surface area (Å²) < 4.78 is 4.59. The molecule has 1 aromatic carbocycles. The van der Waals surface area contributed by atoms with Gasteiger partial charge in [-0.2, -0.15) is 5.10 Å². The van der Waals surface area contributed by atoms with Gasteiger partial charge in [-0.25, -0.2) is 4.79 Å². The Bertz CT molecular complexity index is 748. The normalized spacial score (nSPS) is 11.8. The average molecular weight is 331 g/mol. The summed E-state index contributed by atoms with van der Waals surface area (Å²) in [6.45, 7) is 5.74. The summed E-state index contributed by atoms with van der Waals surface area (Å²) in [6, 6.07) is 4.52. The van der Waals surface area contributed by atoms with Crippen molar-refractivity contribution in [3.05, 3.63) is 40.7 Å². The molecule has 0 fully saturated rings. The number of para-hydroxylation sites is 1. The molecule has 1 amide bonds. The van der Waals surface area contributed by atoms with Crippen molar-refractivity contribution in [2.75, 3.05) is 12.4 Å². The van der Waals surface area contributed by atoms with Crippen molar-refractivity contribution in [3.63, 3.8) is 0 Å². The predicted molar refractivity (Wildman–Crippen MR) is 89.2 cm³/mol. The highest BCUT2D eigenvalue weighted by Crippen LogP contribution is 2.29. The van der Waals surface area contributed by atoms with Crippen LogP contribution in [-0.2, 0) is 9.53 Å². The number of aromatic amines is 1. The molecule has 0 bridgehead atoms. The van der Waals surface area contributed by atoms with Gasteiger partial charge in [0, 0.05) is 12.1 Å². The van der Waals surface area contributed by atoms with Gasteiger partial charge in [-0.05, 0) is 37.5 Å². The number of amides is 1. The van der Waals surface area contributed by atoms with E-state index in [0.717, 1.165) is 17.0 Å². The number of methoxy groups -OCH3 is 1. The maximum Gasteiger partial charge on any atom is 0.341 e. The number of H-pyrrole nitrogens is 1. The second kappa shape index (κ2) is 7.16. The minimum atomic E-state index is -0.665. The Morgan fingerprint density at radius 2 is 2.08 bits per heavy atom. The standard InChI is InChI=1S/C17H21N3O4/c1-9(15-10(2)19-20-11(15)3)8-14(21)18-13-7-5-6-12(16(13)22)17(23)24-4/h5-7,9,22H,8H2,1-4H3,(H,18,21)(H,19,20). The lowest BCUT2D eigenvalue weighted by molar-refractivity contribution is -0.116. The first-order chi connectivity index (χ1) is 11.3. The van der Waals surface area contributed by atoms with Gasteiger partial charge in [0.05, 0.1) is 18.5 Å². The highest BCUT2D eigenvalue weighted by molar-refractivity contribution is 5.98. The van der Waals surface area contributed by atoms with Crippen LogP contribution in [0.1, 0.15) is 46.6 Å². The lowest BCUT2D eigenvalue weighted by atomic mass is 9.95. The van der Waals surface area contributed by atoms with Crippen LogP contribution in [0.5, 0.6) is 5.75 Å². The zero-order chi connectivity index (χ0) is 17.9. The third-order valence-electron chi connectivity index (χ3n) is 3.88. The second-order valence-corrected chi connectivity index (χ2v) is 5.69. The lowest BCUT2D eigenvalue weighted by Gasteiger charge is -2.14. The molecular weight excluding hydrogens is 310 g/mol. The fourth-order valence-corrected chi connectivity index (χ4v) is 2.79. The fraction of sp³-hybridized carbons (Fsp3) is 0.353. The first kappa shape index (κ1) is 17.5. The highest BCUT2D eigenvalue weighted by Gasteiger charge is 2.20. The van der Waals surface area contributed by atoms with Gasteiger partial charge in [0.1, 0.15) is 5.56 Å². The third-order valence-corrected chi connectivity index (χ3v) is 3.88. The number of esters is 1. The summed E-state index contributed by atoms with van der Waals surface area (Å²) in [6.07, 6.45) is 0.225. The largest absolute Gasteiger partial charge is 0.505 e. The molecule has 7 nitrogen and oxygen atoms in total. The maximum atomic E-state index is 12.3. The van der Waals surface area contributed by atoms with E-state index >= 15 is 0 Å².